The summed E-state index contributed by atoms with van der Waals surface area (Å²) in [4.78, 5) is 11.5. The summed E-state index contributed by atoms with van der Waals surface area (Å²) in [7, 11) is 0. The lowest BCUT2D eigenvalue weighted by Gasteiger charge is -2.05. The van der Waals surface area contributed by atoms with E-state index in [0.29, 0.717) is 5.02 Å². The third-order valence-electron chi connectivity index (χ3n) is 3.72. The van der Waals surface area contributed by atoms with Gasteiger partial charge in [0.1, 0.15) is 0 Å². The summed E-state index contributed by atoms with van der Waals surface area (Å²) in [5.41, 5.74) is 3.75. The van der Waals surface area contributed by atoms with Crippen LogP contribution in [-0.4, -0.2) is 10.7 Å². The Kier molecular flexibility index (Phi) is 2.35. The molecule has 0 radical (unpaired) electrons. The van der Waals surface area contributed by atoms with Crippen LogP contribution in [0, 0.1) is 0 Å². The standard InChI is InChI=1S/C17H10ClNO/c18-12-6-8-15-11(9-12)5-7-17-14(10-20)13-3-1-2-4-16(13)19(15)17/h1-10H. The SMILES string of the molecule is O=Cc1c2ccccc2n2c1ccc1cc(Cl)ccc12. The summed E-state index contributed by atoms with van der Waals surface area (Å²) in [5, 5.41) is 2.75. The van der Waals surface area contributed by atoms with Gasteiger partial charge in [-0.3, -0.25) is 4.79 Å². The summed E-state index contributed by atoms with van der Waals surface area (Å²) in [6, 6.07) is 17.7. The lowest BCUT2D eigenvalue weighted by molar-refractivity contribution is 0.112. The molecule has 0 spiro atoms. The number of aromatic nitrogens is 1. The van der Waals surface area contributed by atoms with Crippen LogP contribution in [0.3, 0.4) is 0 Å². The first-order valence-electron chi connectivity index (χ1n) is 6.36. The van der Waals surface area contributed by atoms with Gasteiger partial charge in [0.15, 0.2) is 6.29 Å². The highest BCUT2D eigenvalue weighted by atomic mass is 35.5. The predicted octanol–water partition coefficient (Wildman–Crippen LogP) is 4.71. The first kappa shape index (κ1) is 11.5. The van der Waals surface area contributed by atoms with Crippen molar-refractivity contribution in [1.29, 1.82) is 0 Å². The maximum absolute atomic E-state index is 11.5. The number of fused-ring (bicyclic) bond motifs is 5. The normalized spacial score (nSPS) is 11.4. The van der Waals surface area contributed by atoms with Crippen LogP contribution >= 0.6 is 11.6 Å². The molecule has 3 heteroatoms. The Bertz CT molecular complexity index is 984. The topological polar surface area (TPSA) is 21.5 Å². The molecule has 0 fully saturated rings. The second-order valence-corrected chi connectivity index (χ2v) is 5.24. The van der Waals surface area contributed by atoms with Crippen molar-refractivity contribution in [3.63, 3.8) is 0 Å². The van der Waals surface area contributed by atoms with Crippen LogP contribution in [0.25, 0.3) is 27.3 Å². The predicted molar refractivity (Wildman–Crippen MR) is 82.8 cm³/mol. The second kappa shape index (κ2) is 4.09. The second-order valence-electron chi connectivity index (χ2n) is 4.81. The molecule has 0 bridgehead atoms. The van der Waals surface area contributed by atoms with Crippen molar-refractivity contribution in [3.8, 4) is 0 Å². The number of benzene rings is 2. The van der Waals surface area contributed by atoms with Gasteiger partial charge < -0.3 is 4.40 Å². The van der Waals surface area contributed by atoms with Crippen molar-refractivity contribution in [2.24, 2.45) is 0 Å². The Labute approximate surface area is 120 Å². The summed E-state index contributed by atoms with van der Waals surface area (Å²) >= 11 is 6.06. The lowest BCUT2D eigenvalue weighted by Crippen LogP contribution is -1.88. The quantitative estimate of drug-likeness (QED) is 0.462. The molecule has 4 aromatic rings. The zero-order valence-corrected chi connectivity index (χ0v) is 11.3. The molecule has 0 N–H and O–H groups in total. The summed E-state index contributed by atoms with van der Waals surface area (Å²) in [5.74, 6) is 0. The Balaban J connectivity index is 2.36. The van der Waals surface area contributed by atoms with Crippen molar-refractivity contribution in [3.05, 3.63) is 65.2 Å². The molecule has 2 nitrogen and oxygen atoms in total. The van der Waals surface area contributed by atoms with Gasteiger partial charge in [-0.05, 0) is 30.3 Å². The van der Waals surface area contributed by atoms with E-state index in [-0.39, 0.29) is 0 Å². The number of carbonyl (C=O) groups excluding carboxylic acids is 1. The molecule has 2 aromatic heterocycles. The van der Waals surface area contributed by atoms with Crippen LogP contribution in [0.4, 0.5) is 0 Å². The molecule has 0 aliphatic carbocycles. The van der Waals surface area contributed by atoms with Crippen LogP contribution in [0.2, 0.25) is 5.02 Å². The van der Waals surface area contributed by atoms with E-state index in [2.05, 4.69) is 4.40 Å². The first-order valence-corrected chi connectivity index (χ1v) is 6.74. The number of carbonyl (C=O) groups is 1. The number of nitrogens with zero attached hydrogens (tertiary/aromatic N) is 1. The third-order valence-corrected chi connectivity index (χ3v) is 3.96. The molecule has 0 saturated carbocycles. The van der Waals surface area contributed by atoms with E-state index in [9.17, 15) is 4.79 Å². The van der Waals surface area contributed by atoms with Gasteiger partial charge >= 0.3 is 0 Å². The maximum Gasteiger partial charge on any atom is 0.152 e. The van der Waals surface area contributed by atoms with Crippen LogP contribution < -0.4 is 0 Å². The fraction of sp³-hybridized carbons (Fsp3) is 0. The molecular formula is C17H10ClNO. The Morgan fingerprint density at radius 2 is 1.70 bits per heavy atom. The Morgan fingerprint density at radius 1 is 0.900 bits per heavy atom. The third kappa shape index (κ3) is 1.43. The lowest BCUT2D eigenvalue weighted by atomic mass is 10.1. The van der Waals surface area contributed by atoms with Crippen molar-refractivity contribution >= 4 is 45.2 Å². The van der Waals surface area contributed by atoms with E-state index >= 15 is 0 Å². The van der Waals surface area contributed by atoms with Crippen LogP contribution in [0.5, 0.6) is 0 Å². The molecule has 2 heterocycles. The molecule has 2 aromatic carbocycles. The minimum Gasteiger partial charge on any atom is -0.309 e. The molecule has 0 atom stereocenters. The highest BCUT2D eigenvalue weighted by Gasteiger charge is 2.12. The minimum absolute atomic E-state index is 0.712. The molecule has 0 saturated heterocycles. The van der Waals surface area contributed by atoms with E-state index in [1.165, 1.54) is 0 Å². The van der Waals surface area contributed by atoms with E-state index < -0.39 is 0 Å². The van der Waals surface area contributed by atoms with E-state index in [1.54, 1.807) is 0 Å². The van der Waals surface area contributed by atoms with Crippen LogP contribution in [-0.2, 0) is 0 Å². The Hall–Kier alpha value is -2.32. The molecule has 20 heavy (non-hydrogen) atoms. The van der Waals surface area contributed by atoms with Gasteiger partial charge in [0, 0.05) is 21.4 Å². The zero-order chi connectivity index (χ0) is 13.7. The fourth-order valence-corrected chi connectivity index (χ4v) is 3.04. The monoisotopic (exact) mass is 279 g/mol. The number of hydrogen-bond donors (Lipinski definition) is 0. The summed E-state index contributed by atoms with van der Waals surface area (Å²) in [6.45, 7) is 0. The van der Waals surface area contributed by atoms with E-state index in [4.69, 9.17) is 11.6 Å². The van der Waals surface area contributed by atoms with Gasteiger partial charge in [0.2, 0.25) is 0 Å². The number of aldehydes is 1. The van der Waals surface area contributed by atoms with Gasteiger partial charge in [-0.2, -0.15) is 0 Å². The van der Waals surface area contributed by atoms with Gasteiger partial charge in [0.25, 0.3) is 0 Å². The average Bonchev–Trinajstić information content (AvgIpc) is 2.80. The first-order chi connectivity index (χ1) is 9.79. The van der Waals surface area contributed by atoms with Crippen LogP contribution in [0.1, 0.15) is 10.4 Å². The Morgan fingerprint density at radius 3 is 2.55 bits per heavy atom. The average molecular weight is 280 g/mol. The van der Waals surface area contributed by atoms with Crippen LogP contribution in [0.15, 0.2) is 54.6 Å². The van der Waals surface area contributed by atoms with Crippen molar-refractivity contribution in [1.82, 2.24) is 4.40 Å². The van der Waals surface area contributed by atoms with Crippen molar-refractivity contribution in [2.45, 2.75) is 0 Å². The number of rotatable bonds is 1. The smallest absolute Gasteiger partial charge is 0.152 e. The fourth-order valence-electron chi connectivity index (χ4n) is 2.86. The van der Waals surface area contributed by atoms with Crippen molar-refractivity contribution in [2.75, 3.05) is 0 Å². The van der Waals surface area contributed by atoms with Gasteiger partial charge in [0.05, 0.1) is 16.6 Å². The van der Waals surface area contributed by atoms with Gasteiger partial charge in [-0.15, -0.1) is 0 Å². The summed E-state index contributed by atoms with van der Waals surface area (Å²) in [6.07, 6.45) is 0.930. The molecule has 0 unspecified atom stereocenters. The number of pyridine rings is 1. The molecule has 0 aliphatic heterocycles. The molecule has 4 rings (SSSR count). The number of para-hydroxylation sites is 1. The van der Waals surface area contributed by atoms with Crippen molar-refractivity contribution < 1.29 is 4.79 Å². The molecule has 0 amide bonds. The summed E-state index contributed by atoms with van der Waals surface area (Å²) < 4.78 is 2.12. The van der Waals surface area contributed by atoms with Gasteiger partial charge in [-0.1, -0.05) is 35.9 Å². The zero-order valence-electron chi connectivity index (χ0n) is 10.5. The largest absolute Gasteiger partial charge is 0.309 e. The van der Waals surface area contributed by atoms with E-state index in [1.807, 2.05) is 54.6 Å². The number of hydrogen-bond acceptors (Lipinski definition) is 1. The highest BCUT2D eigenvalue weighted by Crippen LogP contribution is 2.30. The molecular weight excluding hydrogens is 270 g/mol. The minimum atomic E-state index is 0.712. The van der Waals surface area contributed by atoms with E-state index in [0.717, 1.165) is 39.2 Å². The van der Waals surface area contributed by atoms with Gasteiger partial charge in [-0.25, -0.2) is 0 Å². The molecule has 0 aliphatic rings. The highest BCUT2D eigenvalue weighted by molar-refractivity contribution is 6.31. The molecule has 96 valence electrons. The number of halogens is 1. The maximum atomic E-state index is 11.5.